The van der Waals surface area contributed by atoms with E-state index in [1.807, 2.05) is 0 Å². The van der Waals surface area contributed by atoms with Gasteiger partial charge in [-0.25, -0.2) is 0 Å². The molecule has 3 heteroatoms. The van der Waals surface area contributed by atoms with Crippen molar-refractivity contribution in [1.29, 1.82) is 0 Å². The molecule has 2 heterocycles. The van der Waals surface area contributed by atoms with Crippen molar-refractivity contribution < 1.29 is 9.47 Å². The fourth-order valence-electron chi connectivity index (χ4n) is 4.77. The third-order valence-electron chi connectivity index (χ3n) is 5.95. The van der Waals surface area contributed by atoms with E-state index in [-0.39, 0.29) is 0 Å². The monoisotopic (exact) mass is 265 g/mol. The normalized spacial score (nSPS) is 48.6. The zero-order chi connectivity index (χ0) is 13.0. The van der Waals surface area contributed by atoms with E-state index in [1.165, 1.54) is 32.1 Å². The van der Waals surface area contributed by atoms with E-state index in [4.69, 9.17) is 9.47 Å². The predicted molar refractivity (Wildman–Crippen MR) is 74.0 cm³/mol. The van der Waals surface area contributed by atoms with Crippen molar-refractivity contribution in [2.75, 3.05) is 13.2 Å². The third kappa shape index (κ3) is 1.97. The zero-order valence-electron chi connectivity index (χ0n) is 12.2. The summed E-state index contributed by atoms with van der Waals surface area (Å²) in [6.45, 7) is 6.67. The molecule has 4 aliphatic rings. The first kappa shape index (κ1) is 12.6. The highest BCUT2D eigenvalue weighted by molar-refractivity contribution is 5.12. The van der Waals surface area contributed by atoms with Crippen LogP contribution in [0.25, 0.3) is 0 Å². The van der Waals surface area contributed by atoms with Crippen LogP contribution >= 0.6 is 0 Å². The summed E-state index contributed by atoms with van der Waals surface area (Å²) in [5, 5.41) is 3.97. The van der Waals surface area contributed by atoms with Gasteiger partial charge in [0.05, 0.1) is 12.2 Å². The Kier molecular flexibility index (Phi) is 2.95. The van der Waals surface area contributed by atoms with Crippen LogP contribution in [-0.2, 0) is 9.47 Å². The molecular formula is C16H27NO2. The summed E-state index contributed by atoms with van der Waals surface area (Å²) < 4.78 is 12.0. The maximum atomic E-state index is 6.00. The highest BCUT2D eigenvalue weighted by Gasteiger charge is 2.58. The first-order valence-electron chi connectivity index (χ1n) is 8.17. The van der Waals surface area contributed by atoms with Gasteiger partial charge in [-0.05, 0) is 38.0 Å². The largest absolute Gasteiger partial charge is 0.377 e. The number of nitrogens with one attached hydrogen (secondary N) is 1. The van der Waals surface area contributed by atoms with E-state index in [1.54, 1.807) is 0 Å². The highest BCUT2D eigenvalue weighted by atomic mass is 16.5. The van der Waals surface area contributed by atoms with Gasteiger partial charge in [0.1, 0.15) is 0 Å². The molecule has 0 amide bonds. The summed E-state index contributed by atoms with van der Waals surface area (Å²) in [6.07, 6.45) is 7.53. The molecule has 2 aliphatic heterocycles. The number of hydrogen-bond acceptors (Lipinski definition) is 3. The minimum Gasteiger partial charge on any atom is -0.377 e. The zero-order valence-corrected chi connectivity index (χ0v) is 12.2. The Balaban J connectivity index is 1.44. The second-order valence-corrected chi connectivity index (χ2v) is 7.63. The smallest absolute Gasteiger partial charge is 0.0757 e. The van der Waals surface area contributed by atoms with Gasteiger partial charge in [0.25, 0.3) is 0 Å². The second kappa shape index (κ2) is 4.44. The summed E-state index contributed by atoms with van der Waals surface area (Å²) in [5.41, 5.74) is 0.293. The molecule has 0 bridgehead atoms. The fourth-order valence-corrected chi connectivity index (χ4v) is 4.77. The molecule has 2 saturated heterocycles. The first-order chi connectivity index (χ1) is 9.18. The Morgan fingerprint density at radius 2 is 1.84 bits per heavy atom. The fraction of sp³-hybridized carbons (Fsp3) is 1.00. The van der Waals surface area contributed by atoms with Gasteiger partial charge in [0.15, 0.2) is 0 Å². The molecule has 5 unspecified atom stereocenters. The Morgan fingerprint density at radius 1 is 1.00 bits per heavy atom. The van der Waals surface area contributed by atoms with Crippen LogP contribution in [-0.4, -0.2) is 37.5 Å². The van der Waals surface area contributed by atoms with Crippen molar-refractivity contribution >= 4 is 0 Å². The topological polar surface area (TPSA) is 30.5 Å². The summed E-state index contributed by atoms with van der Waals surface area (Å²) in [4.78, 5) is 0. The van der Waals surface area contributed by atoms with Crippen molar-refractivity contribution in [2.45, 2.75) is 70.2 Å². The third-order valence-corrected chi connectivity index (χ3v) is 5.95. The molecule has 19 heavy (non-hydrogen) atoms. The van der Waals surface area contributed by atoms with Gasteiger partial charge in [0.2, 0.25) is 0 Å². The van der Waals surface area contributed by atoms with Gasteiger partial charge < -0.3 is 14.8 Å². The Morgan fingerprint density at radius 3 is 2.63 bits per heavy atom. The average molecular weight is 265 g/mol. The molecule has 4 fully saturated rings. The van der Waals surface area contributed by atoms with Gasteiger partial charge in [-0.1, -0.05) is 13.8 Å². The van der Waals surface area contributed by atoms with Gasteiger partial charge in [-0.2, -0.15) is 0 Å². The number of rotatable bonds is 3. The van der Waals surface area contributed by atoms with E-state index in [0.29, 0.717) is 29.7 Å². The van der Waals surface area contributed by atoms with E-state index in [9.17, 15) is 0 Å². The van der Waals surface area contributed by atoms with Crippen LogP contribution in [0, 0.1) is 17.3 Å². The number of ether oxygens (including phenoxy) is 2. The van der Waals surface area contributed by atoms with E-state index >= 15 is 0 Å². The lowest BCUT2D eigenvalue weighted by Crippen LogP contribution is -2.71. The molecule has 0 radical (unpaired) electrons. The second-order valence-electron chi connectivity index (χ2n) is 7.63. The van der Waals surface area contributed by atoms with Crippen molar-refractivity contribution in [2.24, 2.45) is 17.3 Å². The van der Waals surface area contributed by atoms with E-state index < -0.39 is 0 Å². The summed E-state index contributed by atoms with van der Waals surface area (Å²) in [5.74, 6) is 1.59. The molecule has 2 aliphatic carbocycles. The predicted octanol–water partition coefficient (Wildman–Crippen LogP) is 2.35. The molecule has 2 saturated carbocycles. The minimum atomic E-state index is 0.293. The van der Waals surface area contributed by atoms with E-state index in [0.717, 1.165) is 25.0 Å². The van der Waals surface area contributed by atoms with Crippen molar-refractivity contribution in [3.63, 3.8) is 0 Å². The van der Waals surface area contributed by atoms with Gasteiger partial charge in [-0.15, -0.1) is 0 Å². The lowest BCUT2D eigenvalue weighted by atomic mass is 9.55. The van der Waals surface area contributed by atoms with Gasteiger partial charge in [0, 0.05) is 36.6 Å². The Labute approximate surface area is 116 Å². The van der Waals surface area contributed by atoms with Crippen LogP contribution in [0.15, 0.2) is 0 Å². The molecule has 0 aromatic heterocycles. The number of fused-ring (bicyclic) bond motifs is 1. The minimum absolute atomic E-state index is 0.293. The molecule has 3 nitrogen and oxygen atoms in total. The first-order valence-corrected chi connectivity index (χ1v) is 8.17. The average Bonchev–Trinajstić information content (AvgIpc) is 3.15. The summed E-state index contributed by atoms with van der Waals surface area (Å²) >= 11 is 0. The standard InChI is InChI=1S/C16H27NO2/c1-16(2)14(11-4-3-8-19-15(11)16)17-12-7-9-18-13(12)10-5-6-10/h10-15,17H,3-9H2,1-2H3. The van der Waals surface area contributed by atoms with Crippen molar-refractivity contribution in [1.82, 2.24) is 5.32 Å². The quantitative estimate of drug-likeness (QED) is 0.849. The molecule has 5 atom stereocenters. The van der Waals surface area contributed by atoms with Crippen molar-refractivity contribution in [3.8, 4) is 0 Å². The molecule has 4 rings (SSSR count). The summed E-state index contributed by atoms with van der Waals surface area (Å²) in [7, 11) is 0. The highest BCUT2D eigenvalue weighted by Crippen LogP contribution is 2.52. The van der Waals surface area contributed by atoms with Crippen molar-refractivity contribution in [3.05, 3.63) is 0 Å². The molecule has 1 N–H and O–H groups in total. The maximum Gasteiger partial charge on any atom is 0.0757 e. The van der Waals surface area contributed by atoms with Crippen LogP contribution in [0.4, 0.5) is 0 Å². The molecular weight excluding hydrogens is 238 g/mol. The molecule has 0 aromatic carbocycles. The SMILES string of the molecule is CC1(C)C(NC2CCOC2C2CC2)C2CCCOC21. The van der Waals surface area contributed by atoms with E-state index in [2.05, 4.69) is 19.2 Å². The lowest BCUT2D eigenvalue weighted by Gasteiger charge is -2.61. The van der Waals surface area contributed by atoms with Crippen LogP contribution in [0.1, 0.15) is 46.0 Å². The van der Waals surface area contributed by atoms with Gasteiger partial charge in [-0.3, -0.25) is 0 Å². The Bertz CT molecular complexity index is 353. The molecule has 0 spiro atoms. The summed E-state index contributed by atoms with van der Waals surface area (Å²) in [6, 6.07) is 1.23. The Hall–Kier alpha value is -0.120. The van der Waals surface area contributed by atoms with Crippen LogP contribution in [0.3, 0.4) is 0 Å². The lowest BCUT2D eigenvalue weighted by molar-refractivity contribution is -0.195. The van der Waals surface area contributed by atoms with Crippen LogP contribution in [0.2, 0.25) is 0 Å². The maximum absolute atomic E-state index is 6.00. The molecule has 0 aromatic rings. The van der Waals surface area contributed by atoms with Gasteiger partial charge >= 0.3 is 0 Å². The van der Waals surface area contributed by atoms with Crippen LogP contribution < -0.4 is 5.32 Å². The number of hydrogen-bond donors (Lipinski definition) is 1. The van der Waals surface area contributed by atoms with Crippen LogP contribution in [0.5, 0.6) is 0 Å². The molecule has 108 valence electrons.